The van der Waals surface area contributed by atoms with Crippen LogP contribution in [0, 0.1) is 6.92 Å². The number of amides is 1. The minimum atomic E-state index is -4.50. The molecule has 0 saturated carbocycles. The van der Waals surface area contributed by atoms with E-state index in [9.17, 15) is 18.0 Å². The number of nitrogens with one attached hydrogen (secondary N) is 1. The Labute approximate surface area is 196 Å². The molecule has 0 radical (unpaired) electrons. The molecular weight excluding hydrogens is 443 g/mol. The Kier molecular flexibility index (Phi) is 5.70. The van der Waals surface area contributed by atoms with Crippen molar-refractivity contribution >= 4 is 34.0 Å². The number of fused-ring (bicyclic) bond motifs is 2. The summed E-state index contributed by atoms with van der Waals surface area (Å²) in [5, 5.41) is 3.93. The number of hydrogen-bond acceptors (Lipinski definition) is 5. The highest BCUT2D eigenvalue weighted by molar-refractivity contribution is 6.10. The van der Waals surface area contributed by atoms with E-state index in [2.05, 4.69) is 15.3 Å². The van der Waals surface area contributed by atoms with Crippen LogP contribution in [-0.2, 0) is 16.4 Å². The van der Waals surface area contributed by atoms with Crippen LogP contribution in [0.25, 0.3) is 10.9 Å². The number of hydrogen-bond donors (Lipinski definition) is 2. The smallest absolute Gasteiger partial charge is 0.399 e. The van der Waals surface area contributed by atoms with Crippen LogP contribution in [0.5, 0.6) is 0 Å². The Morgan fingerprint density at radius 3 is 2.41 bits per heavy atom. The number of likely N-dealkylation sites (N-methyl/N-ethyl adjacent to an activating group) is 1. The Morgan fingerprint density at radius 1 is 1.12 bits per heavy atom. The molecule has 6 nitrogen and oxygen atoms in total. The number of rotatable bonds is 5. The molecule has 3 N–H and O–H groups in total. The molecule has 0 fully saturated rings. The van der Waals surface area contributed by atoms with Crippen LogP contribution < -0.4 is 16.0 Å². The van der Waals surface area contributed by atoms with Gasteiger partial charge in [0.15, 0.2) is 0 Å². The lowest BCUT2D eigenvalue weighted by molar-refractivity contribution is -0.137. The van der Waals surface area contributed by atoms with E-state index in [0.29, 0.717) is 41.0 Å². The maximum absolute atomic E-state index is 13.3. The molecule has 0 unspecified atom stereocenters. The van der Waals surface area contributed by atoms with Crippen molar-refractivity contribution in [3.8, 4) is 0 Å². The number of anilines is 3. The van der Waals surface area contributed by atoms with Crippen molar-refractivity contribution in [3.05, 3.63) is 52.8 Å². The van der Waals surface area contributed by atoms with Crippen molar-refractivity contribution in [2.75, 3.05) is 23.0 Å². The fourth-order valence-corrected chi connectivity index (χ4v) is 4.91. The van der Waals surface area contributed by atoms with E-state index in [1.165, 1.54) is 6.07 Å². The van der Waals surface area contributed by atoms with Crippen molar-refractivity contribution < 1.29 is 18.0 Å². The van der Waals surface area contributed by atoms with Gasteiger partial charge in [0.05, 0.1) is 22.5 Å². The summed E-state index contributed by atoms with van der Waals surface area (Å²) in [4.78, 5) is 23.9. The normalized spacial score (nSPS) is 16.1. The fourth-order valence-electron chi connectivity index (χ4n) is 4.91. The van der Waals surface area contributed by atoms with Crippen molar-refractivity contribution in [1.82, 2.24) is 9.97 Å². The Bertz CT molecular complexity index is 1280. The molecule has 0 saturated heterocycles. The van der Waals surface area contributed by atoms with Gasteiger partial charge in [-0.05, 0) is 68.1 Å². The molecule has 0 aliphatic carbocycles. The van der Waals surface area contributed by atoms with Gasteiger partial charge in [0.25, 0.3) is 0 Å². The van der Waals surface area contributed by atoms with Crippen LogP contribution >= 0.6 is 0 Å². The van der Waals surface area contributed by atoms with E-state index >= 15 is 0 Å². The Balaban J connectivity index is 1.81. The van der Waals surface area contributed by atoms with E-state index in [-0.39, 0.29) is 11.6 Å². The number of aromatic nitrogens is 2. The van der Waals surface area contributed by atoms with Crippen LogP contribution in [0.1, 0.15) is 62.2 Å². The highest BCUT2D eigenvalue weighted by Gasteiger charge is 2.47. The first-order valence-electron chi connectivity index (χ1n) is 11.3. The third-order valence-electron chi connectivity index (χ3n) is 6.88. The van der Waals surface area contributed by atoms with Crippen LogP contribution in [0.2, 0.25) is 0 Å². The van der Waals surface area contributed by atoms with Crippen LogP contribution in [0.4, 0.5) is 30.4 Å². The van der Waals surface area contributed by atoms with Gasteiger partial charge in [0, 0.05) is 23.8 Å². The number of carbonyl (C=O) groups excluding carboxylic acids is 1. The van der Waals surface area contributed by atoms with Gasteiger partial charge in [-0.1, -0.05) is 13.8 Å². The molecule has 0 bridgehead atoms. The lowest BCUT2D eigenvalue weighted by Gasteiger charge is -2.25. The first kappa shape index (κ1) is 23.8. The van der Waals surface area contributed by atoms with E-state index < -0.39 is 23.2 Å². The SMILES string of the molecule is CCC1(CC)C(=O)N(C)c2cc3c(N[C@H](C)c4cc(N)cc(C(F)(F)F)c4)nc(C)nc3cc21. The summed E-state index contributed by atoms with van der Waals surface area (Å²) in [6.07, 6.45) is -3.15. The molecule has 1 aliphatic heterocycles. The number of alkyl halides is 3. The van der Waals surface area contributed by atoms with Crippen LogP contribution in [0.15, 0.2) is 30.3 Å². The predicted octanol–water partition coefficient (Wildman–Crippen LogP) is 5.75. The molecular formula is C25H28F3N5O. The number of benzene rings is 2. The highest BCUT2D eigenvalue weighted by atomic mass is 19.4. The van der Waals surface area contributed by atoms with Gasteiger partial charge < -0.3 is 16.0 Å². The Hall–Kier alpha value is -3.36. The maximum atomic E-state index is 13.3. The summed E-state index contributed by atoms with van der Waals surface area (Å²) in [5.41, 5.74) is 7.22. The van der Waals surface area contributed by atoms with Crippen LogP contribution in [0.3, 0.4) is 0 Å². The van der Waals surface area contributed by atoms with Gasteiger partial charge in [0.2, 0.25) is 5.91 Å². The number of nitrogens with zero attached hydrogens (tertiary/aromatic N) is 3. The maximum Gasteiger partial charge on any atom is 0.416 e. The van der Waals surface area contributed by atoms with E-state index in [1.807, 2.05) is 26.0 Å². The number of carbonyl (C=O) groups is 1. The average molecular weight is 472 g/mol. The standard InChI is InChI=1S/C25H28F3N5O/c1-6-24(7-2)19-12-20-18(11-21(19)33(5)23(24)34)22(32-14(4)31-20)30-13(3)15-8-16(25(26,27)28)10-17(29)9-15/h8-13H,6-7,29H2,1-5H3,(H,30,31,32)/t13-/m1/s1. The monoisotopic (exact) mass is 471 g/mol. The molecule has 180 valence electrons. The lowest BCUT2D eigenvalue weighted by atomic mass is 9.77. The van der Waals surface area contributed by atoms with Gasteiger partial charge in [-0.3, -0.25) is 4.79 Å². The first-order valence-corrected chi connectivity index (χ1v) is 11.3. The van der Waals surface area contributed by atoms with E-state index in [4.69, 9.17) is 5.73 Å². The summed E-state index contributed by atoms with van der Waals surface area (Å²) in [7, 11) is 1.76. The van der Waals surface area contributed by atoms with E-state index in [0.717, 1.165) is 23.4 Å². The third kappa shape index (κ3) is 3.73. The molecule has 2 heterocycles. The van der Waals surface area contributed by atoms with Crippen molar-refractivity contribution in [2.45, 2.75) is 58.2 Å². The molecule has 34 heavy (non-hydrogen) atoms. The molecule has 3 aromatic rings. The average Bonchev–Trinajstić information content (AvgIpc) is 2.97. The third-order valence-corrected chi connectivity index (χ3v) is 6.88. The number of halogens is 3. The molecule has 1 aliphatic rings. The quantitative estimate of drug-likeness (QED) is 0.463. The predicted molar refractivity (Wildman–Crippen MR) is 128 cm³/mol. The zero-order valence-electron chi connectivity index (χ0n) is 19.8. The van der Waals surface area contributed by atoms with E-state index in [1.54, 1.807) is 25.8 Å². The highest BCUT2D eigenvalue weighted by Crippen LogP contribution is 2.47. The topological polar surface area (TPSA) is 84.1 Å². The minimum Gasteiger partial charge on any atom is -0.399 e. The van der Waals surface area contributed by atoms with Crippen LogP contribution in [-0.4, -0.2) is 22.9 Å². The fraction of sp³-hybridized carbons (Fsp3) is 0.400. The summed E-state index contributed by atoms with van der Waals surface area (Å²) in [6.45, 7) is 7.53. The molecule has 0 spiro atoms. The molecule has 1 amide bonds. The van der Waals surface area contributed by atoms with Gasteiger partial charge >= 0.3 is 6.18 Å². The number of nitrogens with two attached hydrogens (primary N) is 1. The second-order valence-electron chi connectivity index (χ2n) is 8.91. The second kappa shape index (κ2) is 8.14. The van der Waals surface area contributed by atoms with Gasteiger partial charge in [-0.2, -0.15) is 13.2 Å². The first-order chi connectivity index (χ1) is 15.9. The molecule has 1 atom stereocenters. The minimum absolute atomic E-state index is 0.0376. The van der Waals surface area contributed by atoms with Gasteiger partial charge in [0.1, 0.15) is 11.6 Å². The zero-order valence-corrected chi connectivity index (χ0v) is 19.8. The summed E-state index contributed by atoms with van der Waals surface area (Å²) in [5.74, 6) is 1.05. The van der Waals surface area contributed by atoms with Gasteiger partial charge in [-0.25, -0.2) is 9.97 Å². The molecule has 2 aromatic carbocycles. The molecule has 1 aromatic heterocycles. The van der Waals surface area contributed by atoms with Crippen molar-refractivity contribution in [1.29, 1.82) is 0 Å². The van der Waals surface area contributed by atoms with Crippen molar-refractivity contribution in [3.63, 3.8) is 0 Å². The Morgan fingerprint density at radius 2 is 1.79 bits per heavy atom. The van der Waals surface area contributed by atoms with Crippen molar-refractivity contribution in [2.24, 2.45) is 0 Å². The number of aryl methyl sites for hydroxylation is 1. The largest absolute Gasteiger partial charge is 0.416 e. The zero-order chi connectivity index (χ0) is 25.0. The summed E-state index contributed by atoms with van der Waals surface area (Å²) < 4.78 is 39.9. The summed E-state index contributed by atoms with van der Waals surface area (Å²) >= 11 is 0. The van der Waals surface area contributed by atoms with Gasteiger partial charge in [-0.15, -0.1) is 0 Å². The lowest BCUT2D eigenvalue weighted by Crippen LogP contribution is -2.37. The summed E-state index contributed by atoms with van der Waals surface area (Å²) in [6, 6.07) is 6.86. The molecule has 4 rings (SSSR count). The second-order valence-corrected chi connectivity index (χ2v) is 8.91. The number of nitrogen functional groups attached to an aromatic ring is 1. The molecule has 9 heteroatoms.